The number of aromatic nitrogens is 1. The second-order valence-corrected chi connectivity index (χ2v) is 11.4. The van der Waals surface area contributed by atoms with Crippen molar-refractivity contribution in [3.63, 3.8) is 0 Å². The Bertz CT molecular complexity index is 1230. The van der Waals surface area contributed by atoms with Crippen LogP contribution in [0.1, 0.15) is 61.4 Å². The lowest BCUT2D eigenvalue weighted by molar-refractivity contribution is -0.0163. The number of nitrogens with one attached hydrogen (secondary N) is 1. The molecule has 3 aromatic rings. The molecule has 5 nitrogen and oxygen atoms in total. The molecule has 0 radical (unpaired) electrons. The smallest absolute Gasteiger partial charge is 0.318 e. The molecule has 5 aliphatic rings. The number of amides is 2. The molecule has 4 aliphatic carbocycles. The Kier molecular flexibility index (Phi) is 4.77. The van der Waals surface area contributed by atoms with Crippen molar-refractivity contribution in [1.82, 2.24) is 14.8 Å². The lowest BCUT2D eigenvalue weighted by Gasteiger charge is -2.57. The van der Waals surface area contributed by atoms with E-state index in [0.29, 0.717) is 6.54 Å². The van der Waals surface area contributed by atoms with Crippen LogP contribution in [0.25, 0.3) is 5.69 Å². The van der Waals surface area contributed by atoms with E-state index in [0.717, 1.165) is 59.7 Å². The zero-order chi connectivity index (χ0) is 23.6. The predicted octanol–water partition coefficient (Wildman–Crippen LogP) is 6.07. The minimum atomic E-state index is -0.183. The molecule has 0 unspecified atom stereocenters. The van der Waals surface area contributed by atoms with Gasteiger partial charge in [-0.15, -0.1) is 0 Å². The number of rotatable bonds is 3. The van der Waals surface area contributed by atoms with Gasteiger partial charge in [-0.3, -0.25) is 0 Å². The molecule has 1 aliphatic heterocycles. The molecule has 4 fully saturated rings. The van der Waals surface area contributed by atoms with Crippen molar-refractivity contribution in [3.05, 3.63) is 83.7 Å². The highest BCUT2D eigenvalue weighted by molar-refractivity contribution is 5.77. The van der Waals surface area contributed by atoms with Gasteiger partial charge in [0.1, 0.15) is 5.75 Å². The van der Waals surface area contributed by atoms with Gasteiger partial charge >= 0.3 is 6.03 Å². The van der Waals surface area contributed by atoms with Crippen LogP contribution in [-0.4, -0.2) is 28.1 Å². The lowest BCUT2D eigenvalue weighted by Crippen LogP contribution is -2.62. The van der Waals surface area contributed by atoms with Crippen LogP contribution in [0.2, 0.25) is 0 Å². The zero-order valence-electron chi connectivity index (χ0n) is 20.3. The van der Waals surface area contributed by atoms with Gasteiger partial charge < -0.3 is 19.5 Å². The summed E-state index contributed by atoms with van der Waals surface area (Å²) in [7, 11) is 1.69. The number of carbonyl (C=O) groups excluding carboxylic acids is 1. The van der Waals surface area contributed by atoms with E-state index < -0.39 is 0 Å². The Labute approximate surface area is 207 Å². The van der Waals surface area contributed by atoms with Crippen molar-refractivity contribution in [1.29, 1.82) is 0 Å². The first kappa shape index (κ1) is 21.1. The monoisotopic (exact) mass is 467 g/mol. The summed E-state index contributed by atoms with van der Waals surface area (Å²) in [5, 5.41) is 3.65. The van der Waals surface area contributed by atoms with Gasteiger partial charge in [-0.1, -0.05) is 30.3 Å². The molecule has 5 heteroatoms. The third kappa shape index (κ3) is 3.47. The second-order valence-electron chi connectivity index (χ2n) is 11.4. The Morgan fingerprint density at radius 2 is 1.60 bits per heavy atom. The first-order valence-electron chi connectivity index (χ1n) is 13.1. The van der Waals surface area contributed by atoms with Crippen molar-refractivity contribution < 1.29 is 9.53 Å². The number of urea groups is 1. The molecule has 1 N–H and O–H groups in total. The van der Waals surface area contributed by atoms with Crippen LogP contribution in [0.5, 0.6) is 5.75 Å². The lowest BCUT2D eigenvalue weighted by atomic mass is 9.53. The fraction of sp³-hybridized carbons (Fsp3) is 0.433. The topological polar surface area (TPSA) is 46.5 Å². The average Bonchev–Trinajstić information content (AvgIpc) is 3.27. The molecular weight excluding hydrogens is 434 g/mol. The summed E-state index contributed by atoms with van der Waals surface area (Å²) in [6.07, 6.45) is 9.68. The Hall–Kier alpha value is -3.21. The standard InChI is InChI=1S/C30H33N3O2/c1-35-25-10-8-23(9-11-25)28-27-7-4-12-32(27)26-6-3-2-5-24(26)19-33(28)29(34)31-30-16-20-13-21(17-30)15-22(14-20)18-30/h2-12,20-22,28H,13-19H2,1H3,(H,31,34)/t20?,21?,22?,28-,30?/m0/s1. The van der Waals surface area contributed by atoms with E-state index in [2.05, 4.69) is 69.5 Å². The van der Waals surface area contributed by atoms with Gasteiger partial charge in [-0.05, 0) is 97.7 Å². The van der Waals surface area contributed by atoms with Gasteiger partial charge in [0.25, 0.3) is 0 Å². The van der Waals surface area contributed by atoms with Crippen LogP contribution in [-0.2, 0) is 6.54 Å². The summed E-state index contributed by atoms with van der Waals surface area (Å²) in [6, 6.07) is 20.8. The first-order chi connectivity index (χ1) is 17.1. The molecule has 1 aromatic heterocycles. The number of hydrogen-bond donors (Lipinski definition) is 1. The summed E-state index contributed by atoms with van der Waals surface area (Å²) >= 11 is 0. The summed E-state index contributed by atoms with van der Waals surface area (Å²) in [6.45, 7) is 0.576. The molecule has 1 atom stereocenters. The van der Waals surface area contributed by atoms with E-state index in [9.17, 15) is 4.79 Å². The highest BCUT2D eigenvalue weighted by atomic mass is 16.5. The fourth-order valence-electron chi connectivity index (χ4n) is 8.04. The van der Waals surface area contributed by atoms with E-state index in [1.54, 1.807) is 7.11 Å². The van der Waals surface area contributed by atoms with E-state index in [1.165, 1.54) is 24.8 Å². The zero-order valence-corrected chi connectivity index (χ0v) is 20.3. The number of ether oxygens (including phenoxy) is 1. The normalized spacial score (nSPS) is 30.4. The van der Waals surface area contributed by atoms with Gasteiger partial charge in [0, 0.05) is 17.4 Å². The number of fused-ring (bicyclic) bond motifs is 3. The van der Waals surface area contributed by atoms with Gasteiger partial charge in [0.15, 0.2) is 0 Å². The van der Waals surface area contributed by atoms with Crippen LogP contribution in [0.4, 0.5) is 4.79 Å². The van der Waals surface area contributed by atoms with Gasteiger partial charge in [-0.25, -0.2) is 4.79 Å². The van der Waals surface area contributed by atoms with E-state index in [4.69, 9.17) is 4.74 Å². The molecule has 4 bridgehead atoms. The maximum absolute atomic E-state index is 14.3. The maximum atomic E-state index is 14.3. The summed E-state index contributed by atoms with van der Waals surface area (Å²) in [5.74, 6) is 3.20. The molecule has 0 saturated heterocycles. The highest BCUT2D eigenvalue weighted by Crippen LogP contribution is 2.55. The number of carbonyl (C=O) groups is 1. The summed E-state index contributed by atoms with van der Waals surface area (Å²) in [5.41, 5.74) is 4.50. The van der Waals surface area contributed by atoms with E-state index in [1.807, 2.05) is 12.1 Å². The van der Waals surface area contributed by atoms with Gasteiger partial charge in [0.2, 0.25) is 0 Å². The molecule has 2 heterocycles. The quantitative estimate of drug-likeness (QED) is 0.508. The van der Waals surface area contributed by atoms with Crippen molar-refractivity contribution >= 4 is 6.03 Å². The molecule has 35 heavy (non-hydrogen) atoms. The molecule has 4 saturated carbocycles. The maximum Gasteiger partial charge on any atom is 0.318 e. The second kappa shape index (κ2) is 7.91. The molecule has 8 rings (SSSR count). The number of nitrogens with zero attached hydrogens (tertiary/aromatic N) is 2. The fourth-order valence-corrected chi connectivity index (χ4v) is 8.04. The molecule has 180 valence electrons. The van der Waals surface area contributed by atoms with Crippen LogP contribution < -0.4 is 10.1 Å². The number of hydrogen-bond acceptors (Lipinski definition) is 2. The summed E-state index contributed by atoms with van der Waals surface area (Å²) in [4.78, 5) is 16.3. The Morgan fingerprint density at radius 1 is 0.914 bits per heavy atom. The Balaban J connectivity index is 1.30. The summed E-state index contributed by atoms with van der Waals surface area (Å²) < 4.78 is 7.67. The third-order valence-electron chi connectivity index (χ3n) is 9.07. The Morgan fingerprint density at radius 3 is 2.29 bits per heavy atom. The van der Waals surface area contributed by atoms with Crippen LogP contribution >= 0.6 is 0 Å². The minimum Gasteiger partial charge on any atom is -0.497 e. The molecular formula is C30H33N3O2. The van der Waals surface area contributed by atoms with Crippen LogP contribution in [0.3, 0.4) is 0 Å². The molecule has 2 aromatic carbocycles. The van der Waals surface area contributed by atoms with Crippen LogP contribution in [0.15, 0.2) is 66.9 Å². The number of methoxy groups -OCH3 is 1. The van der Waals surface area contributed by atoms with E-state index in [-0.39, 0.29) is 17.6 Å². The van der Waals surface area contributed by atoms with E-state index >= 15 is 0 Å². The SMILES string of the molecule is COc1ccc([C@H]2c3cccn3-c3ccccc3CN2C(=O)NC23CC4CC(CC(C4)C2)C3)cc1. The van der Waals surface area contributed by atoms with Crippen molar-refractivity contribution in [3.8, 4) is 11.4 Å². The highest BCUT2D eigenvalue weighted by Gasteiger charge is 2.52. The van der Waals surface area contributed by atoms with Gasteiger partial charge in [-0.2, -0.15) is 0 Å². The predicted molar refractivity (Wildman–Crippen MR) is 136 cm³/mol. The van der Waals surface area contributed by atoms with Crippen LogP contribution in [0, 0.1) is 17.8 Å². The van der Waals surface area contributed by atoms with Crippen molar-refractivity contribution in [2.24, 2.45) is 17.8 Å². The van der Waals surface area contributed by atoms with Crippen molar-refractivity contribution in [2.45, 2.75) is 56.7 Å². The first-order valence-corrected chi connectivity index (χ1v) is 13.1. The van der Waals surface area contributed by atoms with Gasteiger partial charge in [0.05, 0.1) is 25.4 Å². The largest absolute Gasteiger partial charge is 0.497 e. The molecule has 0 spiro atoms. The number of para-hydroxylation sites is 1. The van der Waals surface area contributed by atoms with Crippen molar-refractivity contribution in [2.75, 3.05) is 7.11 Å². The average molecular weight is 468 g/mol. The number of benzene rings is 2. The minimum absolute atomic E-state index is 0.0237. The molecule has 2 amide bonds. The third-order valence-corrected chi connectivity index (χ3v) is 9.07.